The van der Waals surface area contributed by atoms with Gasteiger partial charge in [0.2, 0.25) is 0 Å². The minimum atomic E-state index is -0.729. The second-order valence-electron chi connectivity index (χ2n) is 6.06. The summed E-state index contributed by atoms with van der Waals surface area (Å²) in [5.74, 6) is 0.464. The molecule has 6 heteroatoms. The summed E-state index contributed by atoms with van der Waals surface area (Å²) in [5, 5.41) is 15.1. The van der Waals surface area contributed by atoms with Crippen LogP contribution in [-0.4, -0.2) is 33.4 Å². The zero-order valence-corrected chi connectivity index (χ0v) is 14.5. The van der Waals surface area contributed by atoms with Crippen LogP contribution in [0.15, 0.2) is 9.72 Å². The number of thioether (sulfide) groups is 1. The fraction of sp³-hybridized carbons (Fsp3) is 0.733. The van der Waals surface area contributed by atoms with Gasteiger partial charge in [0.15, 0.2) is 0 Å². The van der Waals surface area contributed by atoms with Crippen molar-refractivity contribution in [3.63, 3.8) is 0 Å². The number of carboxylic acid groups (broad SMARTS) is 1. The molecule has 0 bridgehead atoms. The molecule has 2 rings (SSSR count). The smallest absolute Gasteiger partial charge is 0.324 e. The Morgan fingerprint density at radius 3 is 3.00 bits per heavy atom. The van der Waals surface area contributed by atoms with Crippen LogP contribution in [0.2, 0.25) is 0 Å². The van der Waals surface area contributed by atoms with Gasteiger partial charge in [-0.3, -0.25) is 10.1 Å². The van der Waals surface area contributed by atoms with Gasteiger partial charge in [0.25, 0.3) is 0 Å². The Kier molecular flexibility index (Phi) is 5.68. The number of nitrogens with zero attached hydrogens (tertiary/aromatic N) is 1. The molecule has 1 aliphatic rings. The van der Waals surface area contributed by atoms with E-state index in [9.17, 15) is 9.90 Å². The summed E-state index contributed by atoms with van der Waals surface area (Å²) in [6.45, 7) is 6.04. The first kappa shape index (κ1) is 16.8. The lowest BCUT2D eigenvalue weighted by atomic mass is 9.84. The molecular formula is C15H24N2O2S2. The van der Waals surface area contributed by atoms with Gasteiger partial charge in [0.05, 0.1) is 0 Å². The van der Waals surface area contributed by atoms with E-state index in [4.69, 9.17) is 0 Å². The standard InChI is InChI=1S/C15H24N2O2S2/c1-10(2)17-15(13(18)19)7-4-5-12(15)6-8-20-14-16-11(3)9-21-14/h9-10,12,17H,4-8H2,1-3H3,(H,18,19). The van der Waals surface area contributed by atoms with Crippen molar-refractivity contribution >= 4 is 29.1 Å². The average molecular weight is 329 g/mol. The van der Waals surface area contributed by atoms with E-state index in [0.29, 0.717) is 0 Å². The normalized spacial score (nSPS) is 25.6. The molecule has 1 fully saturated rings. The van der Waals surface area contributed by atoms with Crippen molar-refractivity contribution in [3.05, 3.63) is 11.1 Å². The molecule has 1 aromatic rings. The first-order chi connectivity index (χ1) is 9.94. The number of rotatable bonds is 7. The van der Waals surface area contributed by atoms with Crippen LogP contribution < -0.4 is 5.32 Å². The highest BCUT2D eigenvalue weighted by molar-refractivity contribution is 8.01. The van der Waals surface area contributed by atoms with E-state index >= 15 is 0 Å². The van der Waals surface area contributed by atoms with Crippen LogP contribution in [0.4, 0.5) is 0 Å². The van der Waals surface area contributed by atoms with Gasteiger partial charge in [-0.25, -0.2) is 4.98 Å². The molecule has 2 atom stereocenters. The summed E-state index contributed by atoms with van der Waals surface area (Å²) in [6.07, 6.45) is 3.67. The molecule has 1 aromatic heterocycles. The summed E-state index contributed by atoms with van der Waals surface area (Å²) >= 11 is 3.41. The van der Waals surface area contributed by atoms with Crippen molar-refractivity contribution in [1.82, 2.24) is 10.3 Å². The minimum absolute atomic E-state index is 0.191. The number of hydrogen-bond acceptors (Lipinski definition) is 5. The molecule has 0 spiro atoms. The van der Waals surface area contributed by atoms with Crippen molar-refractivity contribution in [3.8, 4) is 0 Å². The summed E-state index contributed by atoms with van der Waals surface area (Å²) in [6, 6.07) is 0.191. The molecule has 1 heterocycles. The van der Waals surface area contributed by atoms with Crippen LogP contribution in [0.1, 0.15) is 45.2 Å². The molecule has 0 amide bonds. The van der Waals surface area contributed by atoms with Gasteiger partial charge in [-0.05, 0) is 46.0 Å². The van der Waals surface area contributed by atoms with E-state index < -0.39 is 11.5 Å². The van der Waals surface area contributed by atoms with Crippen LogP contribution in [-0.2, 0) is 4.79 Å². The molecule has 2 unspecified atom stereocenters. The van der Waals surface area contributed by atoms with Crippen molar-refractivity contribution < 1.29 is 9.90 Å². The topological polar surface area (TPSA) is 62.2 Å². The predicted molar refractivity (Wildman–Crippen MR) is 88.2 cm³/mol. The molecule has 1 aliphatic carbocycles. The number of carbonyl (C=O) groups is 1. The molecule has 4 nitrogen and oxygen atoms in total. The number of nitrogens with one attached hydrogen (secondary N) is 1. The molecule has 2 N–H and O–H groups in total. The fourth-order valence-corrected chi connectivity index (χ4v) is 5.18. The van der Waals surface area contributed by atoms with Gasteiger partial charge in [-0.1, -0.05) is 18.2 Å². The Morgan fingerprint density at radius 2 is 2.43 bits per heavy atom. The number of thiazole rings is 1. The third kappa shape index (κ3) is 3.99. The Hall–Kier alpha value is -0.590. The third-order valence-corrected chi connectivity index (χ3v) is 6.21. The number of aryl methyl sites for hydroxylation is 1. The Bertz CT molecular complexity index is 490. The fourth-order valence-electron chi connectivity index (χ4n) is 3.20. The number of hydrogen-bond donors (Lipinski definition) is 2. The number of aliphatic carboxylic acids is 1. The molecule has 0 aromatic carbocycles. The lowest BCUT2D eigenvalue weighted by Gasteiger charge is -2.34. The van der Waals surface area contributed by atoms with E-state index in [1.807, 2.05) is 20.8 Å². The molecule has 1 saturated carbocycles. The van der Waals surface area contributed by atoms with Gasteiger partial charge in [-0.15, -0.1) is 11.3 Å². The largest absolute Gasteiger partial charge is 0.480 e. The zero-order valence-electron chi connectivity index (χ0n) is 12.9. The van der Waals surface area contributed by atoms with E-state index in [0.717, 1.165) is 41.5 Å². The van der Waals surface area contributed by atoms with Gasteiger partial charge < -0.3 is 5.11 Å². The summed E-state index contributed by atoms with van der Waals surface area (Å²) in [4.78, 5) is 16.3. The summed E-state index contributed by atoms with van der Waals surface area (Å²) < 4.78 is 1.09. The SMILES string of the molecule is Cc1csc(SCCC2CCCC2(NC(C)C)C(=O)O)n1. The zero-order chi connectivity index (χ0) is 15.5. The first-order valence-corrected chi connectivity index (χ1v) is 9.36. The number of aromatic nitrogens is 1. The van der Waals surface area contributed by atoms with Crippen LogP contribution in [0.3, 0.4) is 0 Å². The Balaban J connectivity index is 1.95. The van der Waals surface area contributed by atoms with Crippen LogP contribution in [0.25, 0.3) is 0 Å². The minimum Gasteiger partial charge on any atom is -0.480 e. The predicted octanol–water partition coefficient (Wildman–Crippen LogP) is 3.56. The number of carboxylic acids is 1. The highest BCUT2D eigenvalue weighted by Gasteiger charge is 2.48. The first-order valence-electron chi connectivity index (χ1n) is 7.50. The second-order valence-corrected chi connectivity index (χ2v) is 8.26. The maximum Gasteiger partial charge on any atom is 0.324 e. The van der Waals surface area contributed by atoms with E-state index in [2.05, 4.69) is 15.7 Å². The Labute approximate surface area is 134 Å². The van der Waals surface area contributed by atoms with Crippen molar-refractivity contribution in [2.45, 2.75) is 62.4 Å². The lowest BCUT2D eigenvalue weighted by molar-refractivity contribution is -0.147. The van der Waals surface area contributed by atoms with Gasteiger partial charge in [-0.2, -0.15) is 0 Å². The Morgan fingerprint density at radius 1 is 1.67 bits per heavy atom. The molecule has 0 aliphatic heterocycles. The molecular weight excluding hydrogens is 304 g/mol. The van der Waals surface area contributed by atoms with E-state index in [1.165, 1.54) is 0 Å². The molecule has 0 saturated heterocycles. The molecule has 21 heavy (non-hydrogen) atoms. The third-order valence-electron chi connectivity index (χ3n) is 4.04. The lowest BCUT2D eigenvalue weighted by Crippen LogP contribution is -2.57. The van der Waals surface area contributed by atoms with Crippen molar-refractivity contribution in [2.24, 2.45) is 5.92 Å². The summed E-state index contributed by atoms with van der Waals surface area (Å²) in [5.41, 5.74) is 0.331. The van der Waals surface area contributed by atoms with E-state index in [1.54, 1.807) is 23.1 Å². The molecule has 0 radical (unpaired) electrons. The average Bonchev–Trinajstić information content (AvgIpc) is 2.97. The van der Waals surface area contributed by atoms with Crippen LogP contribution in [0.5, 0.6) is 0 Å². The maximum absolute atomic E-state index is 11.8. The van der Waals surface area contributed by atoms with Crippen LogP contribution >= 0.6 is 23.1 Å². The van der Waals surface area contributed by atoms with Crippen molar-refractivity contribution in [1.29, 1.82) is 0 Å². The summed E-state index contributed by atoms with van der Waals surface area (Å²) in [7, 11) is 0. The van der Waals surface area contributed by atoms with Crippen LogP contribution in [0, 0.1) is 12.8 Å². The monoisotopic (exact) mass is 328 g/mol. The maximum atomic E-state index is 11.8. The van der Waals surface area contributed by atoms with Gasteiger partial charge >= 0.3 is 5.97 Å². The highest BCUT2D eigenvalue weighted by Crippen LogP contribution is 2.40. The van der Waals surface area contributed by atoms with Crippen molar-refractivity contribution in [2.75, 3.05) is 5.75 Å². The van der Waals surface area contributed by atoms with Gasteiger partial charge in [0.1, 0.15) is 9.88 Å². The highest BCUT2D eigenvalue weighted by atomic mass is 32.2. The van der Waals surface area contributed by atoms with E-state index in [-0.39, 0.29) is 12.0 Å². The molecule has 118 valence electrons. The van der Waals surface area contributed by atoms with Gasteiger partial charge in [0, 0.05) is 22.9 Å². The second kappa shape index (κ2) is 7.11. The quantitative estimate of drug-likeness (QED) is 0.749.